The molecule has 0 spiro atoms. The summed E-state index contributed by atoms with van der Waals surface area (Å²) in [6, 6.07) is 15.1. The molecule has 116 valence electrons. The molecule has 4 nitrogen and oxygen atoms in total. The molecule has 0 heterocycles. The minimum absolute atomic E-state index is 0.0301. The molecule has 1 N–H and O–H groups in total. The average molecular weight is 316 g/mol. The summed E-state index contributed by atoms with van der Waals surface area (Å²) >= 11 is 0. The maximum Gasteiger partial charge on any atom is 0.276 e. The van der Waals surface area contributed by atoms with Crippen LogP contribution < -0.4 is 4.83 Å². The zero-order valence-electron chi connectivity index (χ0n) is 12.9. The summed E-state index contributed by atoms with van der Waals surface area (Å²) in [5.41, 5.74) is 2.68. The number of hydrogen-bond acceptors (Lipinski definition) is 3. The summed E-state index contributed by atoms with van der Waals surface area (Å²) in [4.78, 5) is 2.55. The SMILES string of the molecule is Cc1ccc(C)c(S(=O)(=O)N/N=C\[C@H](C)c2ccccc2)c1. The predicted octanol–water partition coefficient (Wildman–Crippen LogP) is 3.37. The van der Waals surface area contributed by atoms with Crippen LogP contribution in [0.25, 0.3) is 0 Å². The maximum atomic E-state index is 12.3. The lowest BCUT2D eigenvalue weighted by Gasteiger charge is -2.09. The topological polar surface area (TPSA) is 58.5 Å². The Labute approximate surface area is 131 Å². The normalized spacial score (nSPS) is 13.2. The molecule has 0 saturated heterocycles. The first-order chi connectivity index (χ1) is 10.4. The van der Waals surface area contributed by atoms with Crippen molar-refractivity contribution in [2.45, 2.75) is 31.6 Å². The number of benzene rings is 2. The first-order valence-electron chi connectivity index (χ1n) is 7.07. The molecule has 0 aliphatic carbocycles. The second-order valence-electron chi connectivity index (χ2n) is 5.34. The first kappa shape index (κ1) is 16.2. The van der Waals surface area contributed by atoms with Gasteiger partial charge >= 0.3 is 0 Å². The van der Waals surface area contributed by atoms with Crippen LogP contribution in [0, 0.1) is 13.8 Å². The van der Waals surface area contributed by atoms with Gasteiger partial charge < -0.3 is 0 Å². The van der Waals surface area contributed by atoms with E-state index in [1.54, 1.807) is 25.3 Å². The summed E-state index contributed by atoms with van der Waals surface area (Å²) < 4.78 is 24.6. The predicted molar refractivity (Wildman–Crippen MR) is 89.6 cm³/mol. The summed E-state index contributed by atoms with van der Waals surface area (Å²) in [6.45, 7) is 5.59. The van der Waals surface area contributed by atoms with Gasteiger partial charge in [-0.1, -0.05) is 49.4 Å². The van der Waals surface area contributed by atoms with E-state index in [4.69, 9.17) is 0 Å². The van der Waals surface area contributed by atoms with E-state index in [2.05, 4.69) is 9.93 Å². The molecule has 1 atom stereocenters. The molecule has 0 fully saturated rings. The Morgan fingerprint density at radius 2 is 1.77 bits per heavy atom. The lowest BCUT2D eigenvalue weighted by atomic mass is 10.0. The Kier molecular flexibility index (Phi) is 4.98. The highest BCUT2D eigenvalue weighted by Gasteiger charge is 2.15. The zero-order valence-corrected chi connectivity index (χ0v) is 13.8. The van der Waals surface area contributed by atoms with Gasteiger partial charge in [0.15, 0.2) is 0 Å². The molecule has 0 saturated carbocycles. The van der Waals surface area contributed by atoms with Crippen molar-refractivity contribution >= 4 is 16.2 Å². The fraction of sp³-hybridized carbons (Fsp3) is 0.235. The Hall–Kier alpha value is -2.14. The number of nitrogens with zero attached hydrogens (tertiary/aromatic N) is 1. The van der Waals surface area contributed by atoms with Gasteiger partial charge in [-0.05, 0) is 36.6 Å². The Balaban J connectivity index is 2.13. The van der Waals surface area contributed by atoms with Gasteiger partial charge in [-0.2, -0.15) is 13.5 Å². The Bertz CT molecular complexity index is 769. The molecule has 0 aliphatic rings. The third-order valence-electron chi connectivity index (χ3n) is 3.43. The first-order valence-corrected chi connectivity index (χ1v) is 8.55. The number of nitrogens with one attached hydrogen (secondary N) is 1. The Morgan fingerprint density at radius 3 is 2.45 bits per heavy atom. The van der Waals surface area contributed by atoms with Crippen LogP contribution in [0.3, 0.4) is 0 Å². The Morgan fingerprint density at radius 1 is 1.09 bits per heavy atom. The highest BCUT2D eigenvalue weighted by Crippen LogP contribution is 2.17. The number of hydrazone groups is 1. The van der Waals surface area contributed by atoms with Crippen molar-refractivity contribution in [3.05, 3.63) is 65.2 Å². The molecule has 0 radical (unpaired) electrons. The highest BCUT2D eigenvalue weighted by atomic mass is 32.2. The summed E-state index contributed by atoms with van der Waals surface area (Å²) in [5.74, 6) is 0.0301. The van der Waals surface area contributed by atoms with Crippen molar-refractivity contribution in [3.8, 4) is 0 Å². The van der Waals surface area contributed by atoms with Crippen molar-refractivity contribution in [1.29, 1.82) is 0 Å². The van der Waals surface area contributed by atoms with Crippen molar-refractivity contribution in [2.75, 3.05) is 0 Å². The van der Waals surface area contributed by atoms with Gasteiger partial charge in [0.25, 0.3) is 10.0 Å². The van der Waals surface area contributed by atoms with Gasteiger partial charge in [-0.3, -0.25) is 0 Å². The van der Waals surface area contributed by atoms with Crippen LogP contribution in [0.2, 0.25) is 0 Å². The smallest absolute Gasteiger partial charge is 0.200 e. The molecular formula is C17H20N2O2S. The third-order valence-corrected chi connectivity index (χ3v) is 4.79. The molecule has 5 heteroatoms. The molecule has 0 aromatic heterocycles. The van der Waals surface area contributed by atoms with E-state index in [-0.39, 0.29) is 10.8 Å². The standard InChI is InChI=1S/C17H20N2O2S/c1-13-9-10-14(2)17(11-13)22(20,21)19-18-12-15(3)16-7-5-4-6-8-16/h4-12,15,19H,1-3H3/b18-12-/t15-/m0/s1. The molecule has 0 bridgehead atoms. The second-order valence-corrected chi connectivity index (χ2v) is 6.97. The van der Waals surface area contributed by atoms with Gasteiger partial charge in [0, 0.05) is 12.1 Å². The van der Waals surface area contributed by atoms with Crippen LogP contribution in [-0.2, 0) is 10.0 Å². The minimum Gasteiger partial charge on any atom is -0.200 e. The second kappa shape index (κ2) is 6.75. The largest absolute Gasteiger partial charge is 0.276 e. The molecule has 2 aromatic rings. The van der Waals surface area contributed by atoms with E-state index in [1.807, 2.05) is 50.2 Å². The van der Waals surface area contributed by atoms with Crippen LogP contribution in [0.15, 0.2) is 58.5 Å². The molecule has 0 unspecified atom stereocenters. The monoisotopic (exact) mass is 316 g/mol. The molecule has 2 rings (SSSR count). The van der Waals surface area contributed by atoms with Gasteiger partial charge in [0.05, 0.1) is 4.90 Å². The highest BCUT2D eigenvalue weighted by molar-refractivity contribution is 7.89. The van der Waals surface area contributed by atoms with Crippen LogP contribution in [0.4, 0.5) is 0 Å². The van der Waals surface area contributed by atoms with Crippen LogP contribution >= 0.6 is 0 Å². The van der Waals surface area contributed by atoms with E-state index < -0.39 is 10.0 Å². The van der Waals surface area contributed by atoms with Gasteiger partial charge in [0.1, 0.15) is 0 Å². The van der Waals surface area contributed by atoms with E-state index >= 15 is 0 Å². The summed E-state index contributed by atoms with van der Waals surface area (Å²) in [5, 5.41) is 3.90. The van der Waals surface area contributed by atoms with E-state index in [1.165, 1.54) is 0 Å². The zero-order chi connectivity index (χ0) is 16.2. The summed E-state index contributed by atoms with van der Waals surface area (Å²) in [6.07, 6.45) is 1.60. The molecule has 22 heavy (non-hydrogen) atoms. The van der Waals surface area contributed by atoms with Crippen LogP contribution in [0.1, 0.15) is 29.5 Å². The van der Waals surface area contributed by atoms with Gasteiger partial charge in [-0.15, -0.1) is 0 Å². The lowest BCUT2D eigenvalue weighted by Crippen LogP contribution is -2.20. The van der Waals surface area contributed by atoms with Crippen molar-refractivity contribution in [3.63, 3.8) is 0 Å². The van der Waals surface area contributed by atoms with E-state index in [0.717, 1.165) is 11.1 Å². The van der Waals surface area contributed by atoms with Gasteiger partial charge in [-0.25, -0.2) is 4.83 Å². The van der Waals surface area contributed by atoms with Crippen LogP contribution in [0.5, 0.6) is 0 Å². The van der Waals surface area contributed by atoms with Crippen molar-refractivity contribution < 1.29 is 8.42 Å². The third kappa shape index (κ3) is 3.95. The van der Waals surface area contributed by atoms with Crippen molar-refractivity contribution in [2.24, 2.45) is 5.10 Å². The number of aryl methyl sites for hydroxylation is 2. The molecule has 0 amide bonds. The number of hydrogen-bond donors (Lipinski definition) is 1. The molecule has 0 aliphatic heterocycles. The maximum absolute atomic E-state index is 12.3. The minimum atomic E-state index is -3.64. The fourth-order valence-corrected chi connectivity index (χ4v) is 3.23. The van der Waals surface area contributed by atoms with E-state index in [0.29, 0.717) is 5.56 Å². The van der Waals surface area contributed by atoms with Gasteiger partial charge in [0.2, 0.25) is 0 Å². The lowest BCUT2D eigenvalue weighted by molar-refractivity contribution is 0.583. The number of sulfonamides is 1. The van der Waals surface area contributed by atoms with Crippen LogP contribution in [-0.4, -0.2) is 14.6 Å². The van der Waals surface area contributed by atoms with Crippen molar-refractivity contribution in [1.82, 2.24) is 4.83 Å². The molecular weight excluding hydrogens is 296 g/mol. The molecule has 2 aromatic carbocycles. The quantitative estimate of drug-likeness (QED) is 0.679. The average Bonchev–Trinajstić information content (AvgIpc) is 2.50. The fourth-order valence-electron chi connectivity index (χ4n) is 2.10. The number of rotatable bonds is 5. The summed E-state index contributed by atoms with van der Waals surface area (Å²) in [7, 11) is -3.64. The van der Waals surface area contributed by atoms with E-state index in [9.17, 15) is 8.42 Å².